The minimum atomic E-state index is -0.553. The number of fused-ring (bicyclic) bond motifs is 1. The normalized spacial score (nSPS) is 13.6. The van der Waals surface area contributed by atoms with Gasteiger partial charge in [0.15, 0.2) is 0 Å². The van der Waals surface area contributed by atoms with Gasteiger partial charge in [0.1, 0.15) is 18.5 Å². The summed E-state index contributed by atoms with van der Waals surface area (Å²) in [6.45, 7) is 2.85. The fourth-order valence-corrected chi connectivity index (χ4v) is 2.68. The average molecular weight is 321 g/mol. The Morgan fingerprint density at radius 1 is 0.917 bits per heavy atom. The van der Waals surface area contributed by atoms with E-state index in [-0.39, 0.29) is 12.6 Å². The van der Waals surface area contributed by atoms with Gasteiger partial charge >= 0.3 is 0 Å². The van der Waals surface area contributed by atoms with Crippen LogP contribution >= 0.6 is 0 Å². The highest BCUT2D eigenvalue weighted by molar-refractivity contribution is 5.83. The third-order valence-corrected chi connectivity index (χ3v) is 4.12. The number of rotatable bonds is 7. The lowest BCUT2D eigenvalue weighted by Gasteiger charge is -2.18. The van der Waals surface area contributed by atoms with E-state index < -0.39 is 6.10 Å². The van der Waals surface area contributed by atoms with Crippen LogP contribution in [0.2, 0.25) is 0 Å². The summed E-state index contributed by atoms with van der Waals surface area (Å²) in [4.78, 5) is 0. The molecule has 3 aromatic carbocycles. The van der Waals surface area contributed by atoms with E-state index in [0.717, 1.165) is 11.1 Å². The van der Waals surface area contributed by atoms with E-state index >= 15 is 0 Å². The highest BCUT2D eigenvalue weighted by Gasteiger charge is 2.09. The molecule has 0 unspecified atom stereocenters. The molecule has 3 heteroatoms. The van der Waals surface area contributed by atoms with Crippen molar-refractivity contribution in [1.29, 1.82) is 0 Å². The summed E-state index contributed by atoms with van der Waals surface area (Å²) in [5.74, 6) is 0.781. The molecular formula is C21H23NO2. The molecule has 0 heterocycles. The van der Waals surface area contributed by atoms with Crippen molar-refractivity contribution in [3.05, 3.63) is 78.4 Å². The lowest BCUT2D eigenvalue weighted by atomic mass is 10.1. The van der Waals surface area contributed by atoms with E-state index in [0.29, 0.717) is 6.54 Å². The van der Waals surface area contributed by atoms with Crippen LogP contribution in [0.5, 0.6) is 5.75 Å². The summed E-state index contributed by atoms with van der Waals surface area (Å²) >= 11 is 0. The van der Waals surface area contributed by atoms with Crippen LogP contribution in [0, 0.1) is 0 Å². The lowest BCUT2D eigenvalue weighted by Crippen LogP contribution is -2.33. The maximum Gasteiger partial charge on any atom is 0.120 e. The topological polar surface area (TPSA) is 41.5 Å². The molecule has 0 spiro atoms. The predicted molar refractivity (Wildman–Crippen MR) is 98.3 cm³/mol. The highest BCUT2D eigenvalue weighted by Crippen LogP contribution is 2.20. The molecule has 0 aliphatic rings. The van der Waals surface area contributed by atoms with Crippen LogP contribution < -0.4 is 10.1 Å². The molecule has 0 aliphatic carbocycles. The molecule has 0 saturated heterocycles. The molecule has 2 N–H and O–H groups in total. The van der Waals surface area contributed by atoms with Crippen LogP contribution in [-0.2, 0) is 0 Å². The zero-order valence-electron chi connectivity index (χ0n) is 13.9. The number of nitrogens with one attached hydrogen (secondary N) is 1. The van der Waals surface area contributed by atoms with Crippen LogP contribution in [0.4, 0.5) is 0 Å². The van der Waals surface area contributed by atoms with Crippen molar-refractivity contribution in [2.45, 2.75) is 19.1 Å². The predicted octanol–water partition coefficient (Wildman–Crippen LogP) is 3.93. The molecule has 2 atom stereocenters. The maximum absolute atomic E-state index is 10.1. The zero-order chi connectivity index (χ0) is 16.8. The van der Waals surface area contributed by atoms with Crippen molar-refractivity contribution in [3.8, 4) is 5.75 Å². The van der Waals surface area contributed by atoms with Gasteiger partial charge in [-0.3, -0.25) is 0 Å². The van der Waals surface area contributed by atoms with Crippen LogP contribution in [0.3, 0.4) is 0 Å². The number of hydrogen-bond donors (Lipinski definition) is 2. The number of hydrogen-bond acceptors (Lipinski definition) is 3. The van der Waals surface area contributed by atoms with Gasteiger partial charge in [0.2, 0.25) is 0 Å². The standard InChI is InChI=1S/C21H23NO2/c1-16(17-7-3-2-4-8-17)22-14-20(23)15-24-21-12-11-18-9-5-6-10-19(18)13-21/h2-13,16,20,22-23H,14-15H2,1H3/t16-,20-/m1/s1. The van der Waals surface area contributed by atoms with Gasteiger partial charge in [0, 0.05) is 12.6 Å². The molecule has 0 amide bonds. The first-order chi connectivity index (χ1) is 11.7. The fraction of sp³-hybridized carbons (Fsp3) is 0.238. The summed E-state index contributed by atoms with van der Waals surface area (Å²) in [6, 6.07) is 24.5. The fourth-order valence-electron chi connectivity index (χ4n) is 2.68. The molecule has 0 fully saturated rings. The molecule has 0 aliphatic heterocycles. The molecule has 3 nitrogen and oxygen atoms in total. The number of ether oxygens (including phenoxy) is 1. The maximum atomic E-state index is 10.1. The molecule has 24 heavy (non-hydrogen) atoms. The van der Waals surface area contributed by atoms with Crippen molar-refractivity contribution in [2.24, 2.45) is 0 Å². The first-order valence-electron chi connectivity index (χ1n) is 8.30. The zero-order valence-corrected chi connectivity index (χ0v) is 13.9. The molecule has 0 saturated carbocycles. The smallest absolute Gasteiger partial charge is 0.120 e. The van der Waals surface area contributed by atoms with Crippen LogP contribution in [-0.4, -0.2) is 24.4 Å². The van der Waals surface area contributed by atoms with E-state index in [1.54, 1.807) is 0 Å². The van der Waals surface area contributed by atoms with Gasteiger partial charge in [-0.05, 0) is 35.4 Å². The third-order valence-electron chi connectivity index (χ3n) is 4.12. The van der Waals surface area contributed by atoms with E-state index in [9.17, 15) is 5.11 Å². The molecule has 124 valence electrons. The Morgan fingerprint density at radius 2 is 1.62 bits per heavy atom. The second-order valence-electron chi connectivity index (χ2n) is 6.01. The average Bonchev–Trinajstić information content (AvgIpc) is 2.65. The number of benzene rings is 3. The highest BCUT2D eigenvalue weighted by atomic mass is 16.5. The van der Waals surface area contributed by atoms with Crippen LogP contribution in [0.1, 0.15) is 18.5 Å². The first-order valence-corrected chi connectivity index (χ1v) is 8.30. The van der Waals surface area contributed by atoms with Gasteiger partial charge in [-0.25, -0.2) is 0 Å². The van der Waals surface area contributed by atoms with Crippen molar-refractivity contribution in [3.63, 3.8) is 0 Å². The van der Waals surface area contributed by atoms with E-state index in [4.69, 9.17) is 4.74 Å². The number of aliphatic hydroxyl groups excluding tert-OH is 1. The quantitative estimate of drug-likeness (QED) is 0.693. The summed E-state index contributed by atoms with van der Waals surface area (Å²) in [5, 5.41) is 15.8. The van der Waals surface area contributed by atoms with E-state index in [1.807, 2.05) is 48.5 Å². The lowest BCUT2D eigenvalue weighted by molar-refractivity contribution is 0.104. The van der Waals surface area contributed by atoms with Crippen molar-refractivity contribution >= 4 is 10.8 Å². The summed E-state index contributed by atoms with van der Waals surface area (Å²) < 4.78 is 5.72. The van der Waals surface area contributed by atoms with Gasteiger partial charge in [0.05, 0.1) is 0 Å². The Balaban J connectivity index is 1.48. The molecule has 0 radical (unpaired) electrons. The summed E-state index contributed by atoms with van der Waals surface area (Å²) in [7, 11) is 0. The monoisotopic (exact) mass is 321 g/mol. The van der Waals surface area contributed by atoms with Crippen molar-refractivity contribution in [2.75, 3.05) is 13.2 Å². The Hall–Kier alpha value is -2.36. The van der Waals surface area contributed by atoms with E-state index in [2.05, 4.69) is 36.5 Å². The van der Waals surface area contributed by atoms with Gasteiger partial charge in [0.25, 0.3) is 0 Å². The minimum absolute atomic E-state index is 0.196. The summed E-state index contributed by atoms with van der Waals surface area (Å²) in [6.07, 6.45) is -0.553. The van der Waals surface area contributed by atoms with Gasteiger partial charge in [-0.1, -0.05) is 60.7 Å². The van der Waals surface area contributed by atoms with Crippen LogP contribution in [0.25, 0.3) is 10.8 Å². The molecular weight excluding hydrogens is 298 g/mol. The van der Waals surface area contributed by atoms with Crippen LogP contribution in [0.15, 0.2) is 72.8 Å². The van der Waals surface area contributed by atoms with Gasteiger partial charge in [-0.15, -0.1) is 0 Å². The molecule has 3 rings (SSSR count). The Kier molecular flexibility index (Phi) is 5.47. The second-order valence-corrected chi connectivity index (χ2v) is 6.01. The SMILES string of the molecule is C[C@@H](NC[C@@H](O)COc1ccc2ccccc2c1)c1ccccc1. The largest absolute Gasteiger partial charge is 0.491 e. The number of aliphatic hydroxyl groups is 1. The van der Waals surface area contributed by atoms with Crippen molar-refractivity contribution < 1.29 is 9.84 Å². The van der Waals surface area contributed by atoms with Gasteiger partial charge in [-0.2, -0.15) is 0 Å². The van der Waals surface area contributed by atoms with E-state index in [1.165, 1.54) is 10.9 Å². The second kappa shape index (κ2) is 7.95. The third kappa shape index (κ3) is 4.34. The van der Waals surface area contributed by atoms with Crippen molar-refractivity contribution in [1.82, 2.24) is 5.32 Å². The Bertz CT molecular complexity index is 773. The Labute approximate surface area is 142 Å². The minimum Gasteiger partial charge on any atom is -0.491 e. The molecule has 3 aromatic rings. The van der Waals surface area contributed by atoms with Gasteiger partial charge < -0.3 is 15.2 Å². The summed E-state index contributed by atoms with van der Waals surface area (Å²) in [5.41, 5.74) is 1.21. The molecule has 0 bridgehead atoms. The Morgan fingerprint density at radius 3 is 2.42 bits per heavy atom. The molecule has 0 aromatic heterocycles. The first kappa shape index (κ1) is 16.5.